The van der Waals surface area contributed by atoms with Crippen LogP contribution in [0.15, 0.2) is 0 Å². The summed E-state index contributed by atoms with van der Waals surface area (Å²) in [5.74, 6) is 2.09. The van der Waals surface area contributed by atoms with Crippen LogP contribution in [0, 0.1) is 23.2 Å². The number of alkyl halides is 1. The molecule has 1 amide bonds. The lowest BCUT2D eigenvalue weighted by molar-refractivity contribution is -0.155. The number of carbonyl (C=O) groups excluding carboxylic acids is 2. The number of fused-ring (bicyclic) bond motifs is 1. The van der Waals surface area contributed by atoms with Crippen molar-refractivity contribution >= 4 is 27.8 Å². The maximum atomic E-state index is 13.6. The highest BCUT2D eigenvalue weighted by Gasteiger charge is 2.58. The molecular formula is C22H32BrNO3. The molecule has 4 nitrogen and oxygen atoms in total. The molecule has 5 heteroatoms. The molecule has 0 N–H and O–H groups in total. The minimum atomic E-state index is -0.345. The summed E-state index contributed by atoms with van der Waals surface area (Å²) < 4.78 is 5.37. The fraction of sp³-hybridized carbons (Fsp3) is 0.909. The van der Waals surface area contributed by atoms with Gasteiger partial charge in [-0.3, -0.25) is 4.79 Å². The molecule has 1 heterocycles. The van der Waals surface area contributed by atoms with Crippen molar-refractivity contribution in [1.29, 1.82) is 0 Å². The zero-order valence-corrected chi connectivity index (χ0v) is 18.0. The lowest BCUT2D eigenvalue weighted by atomic mass is 9.48. The summed E-state index contributed by atoms with van der Waals surface area (Å²) in [4.78, 5) is 28.1. The van der Waals surface area contributed by atoms with Crippen molar-refractivity contribution < 1.29 is 14.3 Å². The first-order valence-corrected chi connectivity index (χ1v) is 11.8. The molecule has 0 spiro atoms. The molecule has 1 aliphatic heterocycles. The molecule has 27 heavy (non-hydrogen) atoms. The second-order valence-electron chi connectivity index (χ2n) is 10.5. The van der Waals surface area contributed by atoms with Gasteiger partial charge in [0.05, 0.1) is 7.11 Å². The first kappa shape index (κ1) is 18.4. The van der Waals surface area contributed by atoms with E-state index in [1.165, 1.54) is 52.1 Å². The van der Waals surface area contributed by atoms with Gasteiger partial charge in [-0.2, -0.15) is 0 Å². The van der Waals surface area contributed by atoms with E-state index in [0.29, 0.717) is 12.3 Å². The number of likely N-dealkylation sites (tertiary alicyclic amines) is 1. The fourth-order valence-corrected chi connectivity index (χ4v) is 9.63. The van der Waals surface area contributed by atoms with E-state index in [4.69, 9.17) is 4.74 Å². The molecule has 4 bridgehead atoms. The van der Waals surface area contributed by atoms with Crippen LogP contribution in [0.5, 0.6) is 0 Å². The molecule has 5 saturated carbocycles. The second kappa shape index (κ2) is 6.47. The van der Waals surface area contributed by atoms with E-state index in [2.05, 4.69) is 15.9 Å². The Morgan fingerprint density at radius 3 is 2.44 bits per heavy atom. The van der Waals surface area contributed by atoms with E-state index in [1.807, 2.05) is 4.90 Å². The fourth-order valence-electron chi connectivity index (χ4n) is 8.12. The summed E-state index contributed by atoms with van der Waals surface area (Å²) >= 11 is 4.07. The number of rotatable bonds is 3. The molecule has 150 valence electrons. The third-order valence-corrected chi connectivity index (χ3v) is 9.41. The maximum Gasteiger partial charge on any atom is 0.328 e. The van der Waals surface area contributed by atoms with Crippen molar-refractivity contribution in [3.05, 3.63) is 0 Å². The molecule has 1 saturated heterocycles. The van der Waals surface area contributed by atoms with Gasteiger partial charge in [-0.1, -0.05) is 28.8 Å². The third kappa shape index (κ3) is 3.07. The van der Waals surface area contributed by atoms with Crippen LogP contribution in [0.3, 0.4) is 0 Å². The average molecular weight is 438 g/mol. The molecule has 0 aromatic heterocycles. The molecule has 6 fully saturated rings. The number of esters is 1. The molecule has 5 atom stereocenters. The van der Waals surface area contributed by atoms with Crippen LogP contribution < -0.4 is 0 Å². The largest absolute Gasteiger partial charge is 0.467 e. The predicted octanol–water partition coefficient (Wildman–Crippen LogP) is 4.44. The van der Waals surface area contributed by atoms with Gasteiger partial charge in [0.2, 0.25) is 5.91 Å². The lowest BCUT2D eigenvalue weighted by Gasteiger charge is -2.60. The van der Waals surface area contributed by atoms with Crippen LogP contribution in [-0.2, 0) is 14.3 Å². The molecule has 0 aromatic rings. The highest BCUT2D eigenvalue weighted by molar-refractivity contribution is 9.10. The Balaban J connectivity index is 1.38. The van der Waals surface area contributed by atoms with Crippen molar-refractivity contribution in [1.82, 2.24) is 4.90 Å². The average Bonchev–Trinajstić information content (AvgIpc) is 2.98. The zero-order valence-electron chi connectivity index (χ0n) is 16.4. The lowest BCUT2D eigenvalue weighted by Crippen LogP contribution is -2.55. The van der Waals surface area contributed by atoms with Crippen molar-refractivity contribution in [2.45, 2.75) is 93.5 Å². The Morgan fingerprint density at radius 1 is 1.07 bits per heavy atom. The molecular weight excluding hydrogens is 406 g/mol. The highest BCUT2D eigenvalue weighted by atomic mass is 79.9. The SMILES string of the molecule is COC(=O)[C@@H]1C[C@@H]2CCCC[C@H]2N1C(=O)CC12C[C@H]3C[C@@H](CC(Br)(C3)C1)C2. The Labute approximate surface area is 170 Å². The summed E-state index contributed by atoms with van der Waals surface area (Å²) in [5.41, 5.74) is 0.165. The minimum Gasteiger partial charge on any atom is -0.467 e. The number of hydrogen-bond acceptors (Lipinski definition) is 3. The summed E-state index contributed by atoms with van der Waals surface area (Å²) in [6.07, 6.45) is 13.6. The molecule has 6 aliphatic rings. The van der Waals surface area contributed by atoms with Gasteiger partial charge in [-0.05, 0) is 81.0 Å². The van der Waals surface area contributed by atoms with E-state index >= 15 is 0 Å². The number of methoxy groups -OCH3 is 1. The van der Waals surface area contributed by atoms with E-state index in [9.17, 15) is 9.59 Å². The highest BCUT2D eigenvalue weighted by Crippen LogP contribution is 2.65. The zero-order chi connectivity index (χ0) is 18.8. The molecule has 0 aromatic carbocycles. The van der Waals surface area contributed by atoms with Crippen LogP contribution >= 0.6 is 15.9 Å². The molecule has 5 aliphatic carbocycles. The number of ether oxygens (including phenoxy) is 1. The first-order chi connectivity index (χ1) is 12.9. The molecule has 6 rings (SSSR count). The van der Waals surface area contributed by atoms with Gasteiger partial charge in [0, 0.05) is 16.8 Å². The van der Waals surface area contributed by atoms with Crippen LogP contribution in [-0.4, -0.2) is 40.3 Å². The van der Waals surface area contributed by atoms with Crippen LogP contribution in [0.2, 0.25) is 0 Å². The summed E-state index contributed by atoms with van der Waals surface area (Å²) in [7, 11) is 1.46. The van der Waals surface area contributed by atoms with Crippen molar-refractivity contribution in [2.75, 3.05) is 7.11 Å². The van der Waals surface area contributed by atoms with Gasteiger partial charge in [0.25, 0.3) is 0 Å². The smallest absolute Gasteiger partial charge is 0.328 e. The van der Waals surface area contributed by atoms with E-state index < -0.39 is 0 Å². The molecule has 0 radical (unpaired) electrons. The number of carbonyl (C=O) groups is 2. The number of amides is 1. The number of halogens is 1. The number of hydrogen-bond donors (Lipinski definition) is 0. The standard InChI is InChI=1S/C22H32BrNO3/c1-27-20(26)18-7-16-4-2-3-5-17(16)24(18)19(25)12-21-8-14-6-15(9-21)11-22(23,10-14)13-21/h14-18H,2-13H2,1H3/t14-,15-,16+,17-,18+,21?,22?/m1/s1. The minimum absolute atomic E-state index is 0.165. The van der Waals surface area contributed by atoms with Gasteiger partial charge >= 0.3 is 5.97 Å². The summed E-state index contributed by atoms with van der Waals surface area (Å²) in [5, 5.41) is 0. The Kier molecular flexibility index (Phi) is 4.42. The Hall–Kier alpha value is -0.580. The molecule has 0 unspecified atom stereocenters. The van der Waals surface area contributed by atoms with Gasteiger partial charge in [-0.25, -0.2) is 4.79 Å². The van der Waals surface area contributed by atoms with E-state index in [1.54, 1.807) is 0 Å². The predicted molar refractivity (Wildman–Crippen MR) is 106 cm³/mol. The normalized spacial score (nSPS) is 47.8. The van der Waals surface area contributed by atoms with Gasteiger partial charge < -0.3 is 9.64 Å². The van der Waals surface area contributed by atoms with Crippen LogP contribution in [0.4, 0.5) is 0 Å². The van der Waals surface area contributed by atoms with Crippen LogP contribution in [0.1, 0.15) is 77.0 Å². The summed E-state index contributed by atoms with van der Waals surface area (Å²) in [6.45, 7) is 0. The van der Waals surface area contributed by atoms with E-state index in [0.717, 1.165) is 37.5 Å². The quantitative estimate of drug-likeness (QED) is 0.484. The van der Waals surface area contributed by atoms with Crippen LogP contribution in [0.25, 0.3) is 0 Å². The monoisotopic (exact) mass is 437 g/mol. The summed E-state index contributed by atoms with van der Waals surface area (Å²) in [6, 6.07) is -0.0790. The van der Waals surface area contributed by atoms with Crippen molar-refractivity contribution in [3.8, 4) is 0 Å². The Morgan fingerprint density at radius 2 is 1.78 bits per heavy atom. The van der Waals surface area contributed by atoms with Crippen molar-refractivity contribution in [2.24, 2.45) is 23.2 Å². The first-order valence-electron chi connectivity index (χ1n) is 11.0. The topological polar surface area (TPSA) is 46.6 Å². The van der Waals surface area contributed by atoms with Gasteiger partial charge in [0.1, 0.15) is 6.04 Å². The van der Waals surface area contributed by atoms with Gasteiger partial charge in [0.15, 0.2) is 0 Å². The number of nitrogens with zero attached hydrogens (tertiary/aromatic N) is 1. The Bertz CT molecular complexity index is 635. The van der Waals surface area contributed by atoms with Gasteiger partial charge in [-0.15, -0.1) is 0 Å². The van der Waals surface area contributed by atoms with Crippen molar-refractivity contribution in [3.63, 3.8) is 0 Å². The third-order valence-electron chi connectivity index (χ3n) is 8.49. The van der Waals surface area contributed by atoms with E-state index in [-0.39, 0.29) is 33.7 Å². The maximum absolute atomic E-state index is 13.6. The second-order valence-corrected chi connectivity index (χ2v) is 12.2.